The van der Waals surface area contributed by atoms with Crippen molar-refractivity contribution in [2.45, 2.75) is 33.2 Å². The second-order valence-electron chi connectivity index (χ2n) is 7.89. The van der Waals surface area contributed by atoms with E-state index in [0.29, 0.717) is 40.8 Å². The van der Waals surface area contributed by atoms with Crippen molar-refractivity contribution in [1.29, 1.82) is 0 Å². The van der Waals surface area contributed by atoms with Gasteiger partial charge in [0.15, 0.2) is 0 Å². The number of benzene rings is 1. The normalized spacial score (nSPS) is 15.3. The number of ether oxygens (including phenoxy) is 1. The average molecular weight is 443 g/mol. The van der Waals surface area contributed by atoms with Crippen LogP contribution >= 0.6 is 11.6 Å². The number of halogens is 1. The summed E-state index contributed by atoms with van der Waals surface area (Å²) in [5.74, 6) is 1.23. The molecule has 3 heterocycles. The number of esters is 1. The predicted molar refractivity (Wildman–Crippen MR) is 120 cm³/mol. The third-order valence-corrected chi connectivity index (χ3v) is 5.94. The maximum absolute atomic E-state index is 12.4. The summed E-state index contributed by atoms with van der Waals surface area (Å²) in [6.07, 6.45) is 3.64. The van der Waals surface area contributed by atoms with E-state index in [0.717, 1.165) is 44.0 Å². The van der Waals surface area contributed by atoms with E-state index in [1.54, 1.807) is 13.8 Å². The number of rotatable bonds is 7. The molecule has 164 valence electrons. The third kappa shape index (κ3) is 4.99. The molecule has 31 heavy (non-hydrogen) atoms. The molecule has 2 aromatic heterocycles. The number of hydrogen-bond acceptors (Lipinski definition) is 7. The Morgan fingerprint density at radius 3 is 2.87 bits per heavy atom. The molecule has 8 heteroatoms. The summed E-state index contributed by atoms with van der Waals surface area (Å²) in [7, 11) is 0. The first kappa shape index (κ1) is 21.6. The standard InChI is InChI=1S/C23H27ClN4O3/c1-3-30-23(29)19-15(2)31-22-20(19)21(26-14-27-22)25-12-16-7-9-28(10-8-16)13-17-5-4-6-18(24)11-17/h4-6,11,14,16H,3,7-10,12-13H2,1-2H3,(H,25,26,27). The molecule has 0 radical (unpaired) electrons. The van der Waals surface area contributed by atoms with Crippen LogP contribution in [-0.2, 0) is 11.3 Å². The Bertz CT molecular complexity index is 1060. The quantitative estimate of drug-likeness (QED) is 0.532. The molecule has 0 bridgehead atoms. The summed E-state index contributed by atoms with van der Waals surface area (Å²) >= 11 is 6.10. The summed E-state index contributed by atoms with van der Waals surface area (Å²) in [5, 5.41) is 4.80. The number of carbonyl (C=O) groups is 1. The van der Waals surface area contributed by atoms with E-state index in [2.05, 4.69) is 26.3 Å². The predicted octanol–water partition coefficient (Wildman–Crippen LogP) is 4.69. The molecule has 0 unspecified atom stereocenters. The maximum atomic E-state index is 12.4. The molecule has 0 atom stereocenters. The number of fused-ring (bicyclic) bond motifs is 1. The van der Waals surface area contributed by atoms with E-state index in [4.69, 9.17) is 20.8 Å². The van der Waals surface area contributed by atoms with Gasteiger partial charge in [0, 0.05) is 18.1 Å². The number of anilines is 1. The van der Waals surface area contributed by atoms with Crippen LogP contribution in [0.15, 0.2) is 35.0 Å². The summed E-state index contributed by atoms with van der Waals surface area (Å²) < 4.78 is 10.9. The Morgan fingerprint density at radius 2 is 2.13 bits per heavy atom. The monoisotopic (exact) mass is 442 g/mol. The van der Waals surface area contributed by atoms with E-state index >= 15 is 0 Å². The van der Waals surface area contributed by atoms with Crippen molar-refractivity contribution in [2.24, 2.45) is 5.92 Å². The molecule has 0 spiro atoms. The van der Waals surface area contributed by atoms with Gasteiger partial charge in [-0.1, -0.05) is 23.7 Å². The lowest BCUT2D eigenvalue weighted by Crippen LogP contribution is -2.35. The van der Waals surface area contributed by atoms with E-state index in [9.17, 15) is 4.79 Å². The zero-order valence-electron chi connectivity index (χ0n) is 17.9. The van der Waals surface area contributed by atoms with E-state index in [1.807, 2.05) is 18.2 Å². The fourth-order valence-electron chi connectivity index (χ4n) is 4.11. The van der Waals surface area contributed by atoms with Gasteiger partial charge in [0.1, 0.15) is 23.5 Å². The number of aromatic nitrogens is 2. The molecule has 4 rings (SSSR count). The zero-order valence-corrected chi connectivity index (χ0v) is 18.6. The summed E-state index contributed by atoms with van der Waals surface area (Å²) in [6, 6.07) is 8.05. The lowest BCUT2D eigenvalue weighted by Gasteiger charge is -2.32. The van der Waals surface area contributed by atoms with Gasteiger partial charge in [-0.25, -0.2) is 14.8 Å². The van der Waals surface area contributed by atoms with Gasteiger partial charge in [-0.3, -0.25) is 4.90 Å². The van der Waals surface area contributed by atoms with Crippen molar-refractivity contribution in [3.8, 4) is 0 Å². The van der Waals surface area contributed by atoms with E-state index < -0.39 is 5.97 Å². The number of furan rings is 1. The van der Waals surface area contributed by atoms with E-state index in [1.165, 1.54) is 11.9 Å². The van der Waals surface area contributed by atoms with Crippen LogP contribution in [0.5, 0.6) is 0 Å². The van der Waals surface area contributed by atoms with Crippen LogP contribution in [0.3, 0.4) is 0 Å². The SMILES string of the molecule is CCOC(=O)c1c(C)oc2ncnc(NCC3CCN(Cc4cccc(Cl)c4)CC3)c12. The number of aryl methyl sites for hydroxylation is 1. The molecule has 1 aliphatic heterocycles. The second-order valence-corrected chi connectivity index (χ2v) is 8.32. The third-order valence-electron chi connectivity index (χ3n) is 5.70. The minimum Gasteiger partial charge on any atom is -0.462 e. The first-order valence-electron chi connectivity index (χ1n) is 10.7. The number of hydrogen-bond donors (Lipinski definition) is 1. The highest BCUT2D eigenvalue weighted by molar-refractivity contribution is 6.30. The first-order valence-corrected chi connectivity index (χ1v) is 11.0. The first-order chi connectivity index (χ1) is 15.0. The van der Waals surface area contributed by atoms with Gasteiger partial charge in [0.25, 0.3) is 0 Å². The van der Waals surface area contributed by atoms with E-state index in [-0.39, 0.29) is 0 Å². The van der Waals surface area contributed by atoms with Crippen LogP contribution < -0.4 is 5.32 Å². The molecule has 0 amide bonds. The number of nitrogens with one attached hydrogen (secondary N) is 1. The Balaban J connectivity index is 1.38. The van der Waals surface area contributed by atoms with Crippen LogP contribution in [0.2, 0.25) is 5.02 Å². The Hall–Kier alpha value is -2.64. The Kier molecular flexibility index (Phi) is 6.73. The Morgan fingerprint density at radius 1 is 1.32 bits per heavy atom. The van der Waals surface area contributed by atoms with Crippen molar-refractivity contribution in [1.82, 2.24) is 14.9 Å². The molecule has 1 aromatic carbocycles. The van der Waals surface area contributed by atoms with Gasteiger partial charge in [-0.2, -0.15) is 0 Å². The van der Waals surface area contributed by atoms with Gasteiger partial charge in [0.05, 0.1) is 12.0 Å². The van der Waals surface area contributed by atoms with Gasteiger partial charge in [-0.15, -0.1) is 0 Å². The molecular formula is C23H27ClN4O3. The number of piperidine rings is 1. The minimum absolute atomic E-state index is 0.301. The molecule has 1 saturated heterocycles. The van der Waals surface area contributed by atoms with Crippen molar-refractivity contribution < 1.29 is 13.9 Å². The molecule has 1 aliphatic rings. The fourth-order valence-corrected chi connectivity index (χ4v) is 4.32. The van der Waals surface area contributed by atoms with Crippen LogP contribution in [0.25, 0.3) is 11.1 Å². The number of carbonyl (C=O) groups excluding carboxylic acids is 1. The number of likely N-dealkylation sites (tertiary alicyclic amines) is 1. The van der Waals surface area contributed by atoms with Gasteiger partial charge < -0.3 is 14.5 Å². The summed E-state index contributed by atoms with van der Waals surface area (Å²) in [6.45, 7) is 7.61. The highest BCUT2D eigenvalue weighted by atomic mass is 35.5. The average Bonchev–Trinajstić information content (AvgIpc) is 3.10. The molecule has 0 aliphatic carbocycles. The minimum atomic E-state index is -0.411. The summed E-state index contributed by atoms with van der Waals surface area (Å²) in [4.78, 5) is 23.4. The van der Waals surface area contributed by atoms with Crippen LogP contribution in [0.4, 0.5) is 5.82 Å². The number of nitrogens with zero attached hydrogens (tertiary/aromatic N) is 3. The summed E-state index contributed by atoms with van der Waals surface area (Å²) in [5.41, 5.74) is 2.04. The van der Waals surface area contributed by atoms with Crippen molar-refractivity contribution in [3.63, 3.8) is 0 Å². The van der Waals surface area contributed by atoms with Crippen molar-refractivity contribution in [2.75, 3.05) is 31.6 Å². The molecule has 3 aromatic rings. The van der Waals surface area contributed by atoms with Gasteiger partial charge >= 0.3 is 5.97 Å². The topological polar surface area (TPSA) is 80.5 Å². The Labute approximate surface area is 186 Å². The van der Waals surface area contributed by atoms with Crippen LogP contribution in [0.1, 0.15) is 41.4 Å². The molecule has 1 fully saturated rings. The largest absolute Gasteiger partial charge is 0.462 e. The molecular weight excluding hydrogens is 416 g/mol. The maximum Gasteiger partial charge on any atom is 0.342 e. The highest BCUT2D eigenvalue weighted by Gasteiger charge is 2.25. The smallest absolute Gasteiger partial charge is 0.342 e. The van der Waals surface area contributed by atoms with Crippen molar-refractivity contribution >= 4 is 34.5 Å². The molecule has 7 nitrogen and oxygen atoms in total. The zero-order chi connectivity index (χ0) is 21.8. The fraction of sp³-hybridized carbons (Fsp3) is 0.435. The molecule has 0 saturated carbocycles. The second kappa shape index (κ2) is 9.66. The van der Waals surface area contributed by atoms with Crippen molar-refractivity contribution in [3.05, 3.63) is 52.5 Å². The lowest BCUT2D eigenvalue weighted by molar-refractivity contribution is 0.0526. The highest BCUT2D eigenvalue weighted by Crippen LogP contribution is 2.30. The van der Waals surface area contributed by atoms with Gasteiger partial charge in [-0.05, 0) is 63.4 Å². The van der Waals surface area contributed by atoms with Crippen LogP contribution in [0, 0.1) is 12.8 Å². The van der Waals surface area contributed by atoms with Crippen LogP contribution in [-0.4, -0.2) is 47.1 Å². The van der Waals surface area contributed by atoms with Gasteiger partial charge in [0.2, 0.25) is 5.71 Å². The lowest BCUT2D eigenvalue weighted by atomic mass is 9.96. The molecule has 1 N–H and O–H groups in total.